The van der Waals surface area contributed by atoms with Crippen LogP contribution in [0.4, 0.5) is 4.39 Å². The van der Waals surface area contributed by atoms with Crippen LogP contribution in [-0.2, 0) is 5.79 Å². The Kier molecular flexibility index (Phi) is 2.48. The molecule has 1 atom stereocenters. The summed E-state index contributed by atoms with van der Waals surface area (Å²) >= 11 is 0. The second kappa shape index (κ2) is 3.26. The zero-order valence-corrected chi connectivity index (χ0v) is 7.84. The van der Waals surface area contributed by atoms with Gasteiger partial charge in [0.2, 0.25) is 0 Å². The lowest BCUT2D eigenvalue weighted by Gasteiger charge is -2.13. The minimum Gasteiger partial charge on any atom is -0.294 e. The highest BCUT2D eigenvalue weighted by Gasteiger charge is 2.20. The molecule has 1 heterocycles. The minimum atomic E-state index is -1.87. The molecule has 3 heteroatoms. The second-order valence-electron chi connectivity index (χ2n) is 3.29. The van der Waals surface area contributed by atoms with Gasteiger partial charge < -0.3 is 0 Å². The average Bonchev–Trinajstić information content (AvgIpc) is 2.03. The highest BCUT2D eigenvalue weighted by Crippen LogP contribution is 2.18. The molecule has 1 rings (SSSR count). The number of aromatic nitrogens is 1. The van der Waals surface area contributed by atoms with Crippen molar-refractivity contribution >= 4 is 5.57 Å². The molecular weight excluding hydrogens is 167 g/mol. The van der Waals surface area contributed by atoms with Crippen molar-refractivity contribution in [3.05, 3.63) is 36.2 Å². The Morgan fingerprint density at radius 2 is 2.23 bits per heavy atom. The SMILES string of the molecule is C=C(C)c1ccc(C(C)(N)F)nc1. The Morgan fingerprint density at radius 3 is 2.54 bits per heavy atom. The summed E-state index contributed by atoms with van der Waals surface area (Å²) in [6, 6.07) is 3.33. The van der Waals surface area contributed by atoms with Crippen LogP contribution in [0.1, 0.15) is 25.1 Å². The number of pyridine rings is 1. The van der Waals surface area contributed by atoms with E-state index in [9.17, 15) is 4.39 Å². The van der Waals surface area contributed by atoms with Crippen molar-refractivity contribution in [1.82, 2.24) is 4.98 Å². The third kappa shape index (κ3) is 2.36. The molecule has 1 aromatic rings. The minimum absolute atomic E-state index is 0.234. The van der Waals surface area contributed by atoms with E-state index in [1.54, 1.807) is 18.3 Å². The van der Waals surface area contributed by atoms with E-state index in [2.05, 4.69) is 11.6 Å². The molecule has 2 nitrogen and oxygen atoms in total. The molecule has 13 heavy (non-hydrogen) atoms. The maximum Gasteiger partial charge on any atom is 0.198 e. The second-order valence-corrected chi connectivity index (χ2v) is 3.29. The van der Waals surface area contributed by atoms with Gasteiger partial charge in [-0.1, -0.05) is 12.6 Å². The largest absolute Gasteiger partial charge is 0.294 e. The van der Waals surface area contributed by atoms with E-state index in [1.807, 2.05) is 6.92 Å². The van der Waals surface area contributed by atoms with Gasteiger partial charge >= 0.3 is 0 Å². The first-order valence-corrected chi connectivity index (χ1v) is 4.01. The summed E-state index contributed by atoms with van der Waals surface area (Å²) < 4.78 is 13.1. The number of nitrogens with two attached hydrogens (primary N) is 1. The van der Waals surface area contributed by atoms with Gasteiger partial charge in [0, 0.05) is 6.20 Å². The van der Waals surface area contributed by atoms with E-state index in [1.165, 1.54) is 6.92 Å². The van der Waals surface area contributed by atoms with Crippen molar-refractivity contribution in [2.75, 3.05) is 0 Å². The smallest absolute Gasteiger partial charge is 0.198 e. The summed E-state index contributed by atoms with van der Waals surface area (Å²) in [4.78, 5) is 3.91. The first-order valence-electron chi connectivity index (χ1n) is 4.01. The van der Waals surface area contributed by atoms with Crippen molar-refractivity contribution in [1.29, 1.82) is 0 Å². The quantitative estimate of drug-likeness (QED) is 0.709. The Balaban J connectivity index is 3.01. The first-order chi connectivity index (χ1) is 5.91. The number of halogens is 1. The molecule has 1 aromatic heterocycles. The monoisotopic (exact) mass is 180 g/mol. The zero-order chi connectivity index (χ0) is 10.1. The molecule has 2 N–H and O–H groups in total. The first kappa shape index (κ1) is 9.86. The number of rotatable bonds is 2. The molecule has 0 spiro atoms. The van der Waals surface area contributed by atoms with Gasteiger partial charge in [-0.2, -0.15) is 0 Å². The van der Waals surface area contributed by atoms with Crippen LogP contribution < -0.4 is 5.73 Å². The van der Waals surface area contributed by atoms with E-state index in [-0.39, 0.29) is 5.69 Å². The Hall–Kier alpha value is -1.22. The lowest BCUT2D eigenvalue weighted by atomic mass is 10.1. The van der Waals surface area contributed by atoms with E-state index in [0.717, 1.165) is 11.1 Å². The van der Waals surface area contributed by atoms with Crippen molar-refractivity contribution in [3.8, 4) is 0 Å². The summed E-state index contributed by atoms with van der Waals surface area (Å²) in [5.74, 6) is -1.87. The van der Waals surface area contributed by atoms with Gasteiger partial charge in [-0.15, -0.1) is 0 Å². The van der Waals surface area contributed by atoms with Gasteiger partial charge in [-0.25, -0.2) is 4.39 Å². The summed E-state index contributed by atoms with van der Waals surface area (Å²) in [7, 11) is 0. The molecule has 1 unspecified atom stereocenters. The van der Waals surface area contributed by atoms with Crippen LogP contribution in [0, 0.1) is 0 Å². The maximum absolute atomic E-state index is 13.1. The fraction of sp³-hybridized carbons (Fsp3) is 0.300. The van der Waals surface area contributed by atoms with Gasteiger partial charge in [-0.3, -0.25) is 10.7 Å². The molecule has 0 aliphatic carbocycles. The molecule has 0 aromatic carbocycles. The Labute approximate surface area is 77.3 Å². The Morgan fingerprint density at radius 1 is 1.62 bits per heavy atom. The van der Waals surface area contributed by atoms with E-state index in [4.69, 9.17) is 5.73 Å². The van der Waals surface area contributed by atoms with Gasteiger partial charge in [0.1, 0.15) is 0 Å². The molecular formula is C10H13FN2. The lowest BCUT2D eigenvalue weighted by molar-refractivity contribution is 0.196. The number of allylic oxidation sites excluding steroid dienone is 1. The Bertz CT molecular complexity index is 309. The van der Waals surface area contributed by atoms with Crippen LogP contribution in [0.2, 0.25) is 0 Å². The van der Waals surface area contributed by atoms with Crippen LogP contribution >= 0.6 is 0 Å². The third-order valence-electron chi connectivity index (χ3n) is 1.76. The topological polar surface area (TPSA) is 38.9 Å². The van der Waals surface area contributed by atoms with Crippen LogP contribution in [0.15, 0.2) is 24.9 Å². The standard InChI is InChI=1S/C10H13FN2/c1-7(2)8-4-5-9(13-6-8)10(3,11)12/h4-6H,1,12H2,2-3H3. The summed E-state index contributed by atoms with van der Waals surface area (Å²) in [6.45, 7) is 6.89. The highest BCUT2D eigenvalue weighted by molar-refractivity contribution is 5.60. The van der Waals surface area contributed by atoms with Gasteiger partial charge in [0.25, 0.3) is 0 Å². The molecule has 0 saturated carbocycles. The summed E-state index contributed by atoms with van der Waals surface area (Å²) in [6.07, 6.45) is 1.57. The van der Waals surface area contributed by atoms with Gasteiger partial charge in [0.15, 0.2) is 5.79 Å². The molecule has 0 radical (unpaired) electrons. The molecule has 70 valence electrons. The van der Waals surface area contributed by atoms with Crippen molar-refractivity contribution in [3.63, 3.8) is 0 Å². The maximum atomic E-state index is 13.1. The molecule has 0 bridgehead atoms. The normalized spacial score (nSPS) is 15.1. The third-order valence-corrected chi connectivity index (χ3v) is 1.76. The molecule has 0 amide bonds. The van der Waals surface area contributed by atoms with Crippen molar-refractivity contribution < 1.29 is 4.39 Å². The molecule has 0 saturated heterocycles. The molecule has 0 fully saturated rings. The fourth-order valence-corrected chi connectivity index (χ4v) is 0.935. The van der Waals surface area contributed by atoms with Crippen molar-refractivity contribution in [2.45, 2.75) is 19.6 Å². The number of hydrogen-bond acceptors (Lipinski definition) is 2. The van der Waals surface area contributed by atoms with Crippen LogP contribution in [0.25, 0.3) is 5.57 Å². The summed E-state index contributed by atoms with van der Waals surface area (Å²) in [5, 5.41) is 0. The summed E-state index contributed by atoms with van der Waals surface area (Å²) in [5.41, 5.74) is 7.26. The van der Waals surface area contributed by atoms with E-state index >= 15 is 0 Å². The van der Waals surface area contributed by atoms with Gasteiger partial charge in [0.05, 0.1) is 5.69 Å². The number of nitrogens with zero attached hydrogens (tertiary/aromatic N) is 1. The van der Waals surface area contributed by atoms with Crippen LogP contribution in [0.3, 0.4) is 0 Å². The van der Waals surface area contributed by atoms with Gasteiger partial charge in [-0.05, 0) is 31.1 Å². The van der Waals surface area contributed by atoms with E-state index < -0.39 is 5.79 Å². The highest BCUT2D eigenvalue weighted by atomic mass is 19.1. The fourth-order valence-electron chi connectivity index (χ4n) is 0.935. The number of alkyl halides is 1. The molecule has 0 aliphatic rings. The zero-order valence-electron chi connectivity index (χ0n) is 7.84. The number of hydrogen-bond donors (Lipinski definition) is 1. The predicted molar refractivity (Wildman–Crippen MR) is 51.6 cm³/mol. The van der Waals surface area contributed by atoms with Crippen molar-refractivity contribution in [2.24, 2.45) is 5.73 Å². The van der Waals surface area contributed by atoms with E-state index in [0.29, 0.717) is 0 Å². The lowest BCUT2D eigenvalue weighted by Crippen LogP contribution is -2.28. The molecule has 0 aliphatic heterocycles. The van der Waals surface area contributed by atoms with Crippen LogP contribution in [0.5, 0.6) is 0 Å². The van der Waals surface area contributed by atoms with Crippen LogP contribution in [-0.4, -0.2) is 4.98 Å². The predicted octanol–water partition coefficient (Wildman–Crippen LogP) is 2.22. The average molecular weight is 180 g/mol.